The highest BCUT2D eigenvalue weighted by Crippen LogP contribution is 2.45. The molecule has 0 aliphatic rings. The largest absolute Gasteiger partial charge is 0.472 e. The summed E-state index contributed by atoms with van der Waals surface area (Å²) in [7, 11) is -10.0. The summed E-state index contributed by atoms with van der Waals surface area (Å²) in [6, 6.07) is 0. The number of carbonyl (C=O) groups is 4. The first-order valence-corrected chi connectivity index (χ1v) is 43.4. The van der Waals surface area contributed by atoms with Gasteiger partial charge in [-0.05, 0) is 128 Å². The monoisotopic (exact) mass is 1500 g/mol. The summed E-state index contributed by atoms with van der Waals surface area (Å²) in [5, 5.41) is 10.6. The molecule has 0 radical (unpaired) electrons. The smallest absolute Gasteiger partial charge is 0.462 e. The molecule has 0 amide bonds. The van der Waals surface area contributed by atoms with Gasteiger partial charge in [0.2, 0.25) is 0 Å². The summed E-state index contributed by atoms with van der Waals surface area (Å²) in [5.41, 5.74) is 0. The Balaban J connectivity index is 5.50. The predicted octanol–water partition coefficient (Wildman–Crippen LogP) is 23.7. The summed E-state index contributed by atoms with van der Waals surface area (Å²) in [6.45, 7) is 4.64. The van der Waals surface area contributed by atoms with Gasteiger partial charge in [0.15, 0.2) is 12.2 Å². The van der Waals surface area contributed by atoms with Crippen molar-refractivity contribution in [2.45, 2.75) is 341 Å². The fourth-order valence-corrected chi connectivity index (χ4v) is 12.0. The number of rotatable bonds is 75. The topological polar surface area (TPSA) is 237 Å². The van der Waals surface area contributed by atoms with E-state index in [1.165, 1.54) is 116 Å². The molecular weight excluding hydrogens is 1350 g/mol. The van der Waals surface area contributed by atoms with E-state index in [2.05, 4.69) is 125 Å². The highest BCUT2D eigenvalue weighted by atomic mass is 31.2. The van der Waals surface area contributed by atoms with Crippen LogP contribution in [0.5, 0.6) is 0 Å². The molecule has 0 aliphatic heterocycles. The first kappa shape index (κ1) is 99.2. The SMILES string of the molecule is CCCCC/C=C\C/C=C\C/C=C\C/C=C\C/C=C\CCC(=O)OC[C@H](COP(=O)(O)OC[C@@H](O)COP(=O)(O)OC[C@@H](COC(=O)CCCCCCC/C=C\CCCCCC)OC(=O)CCCCCCCCCCCCCCC)OC(=O)CC/C=C\C/C=C\C/C=C\C/C=C\C/C=C\CCCCC. The van der Waals surface area contributed by atoms with Gasteiger partial charge in [0.25, 0.3) is 0 Å². The molecule has 2 unspecified atom stereocenters. The third-order valence-corrected chi connectivity index (χ3v) is 18.5. The molecule has 0 aromatic rings. The van der Waals surface area contributed by atoms with Crippen LogP contribution in [-0.2, 0) is 65.4 Å². The molecule has 104 heavy (non-hydrogen) atoms. The number of hydrogen-bond donors (Lipinski definition) is 3. The van der Waals surface area contributed by atoms with Gasteiger partial charge in [0.1, 0.15) is 19.3 Å². The van der Waals surface area contributed by atoms with E-state index in [9.17, 15) is 43.2 Å². The minimum atomic E-state index is -5.02. The van der Waals surface area contributed by atoms with Crippen LogP contribution in [0.2, 0.25) is 0 Å². The number of phosphoric acid groups is 2. The van der Waals surface area contributed by atoms with Gasteiger partial charge < -0.3 is 33.8 Å². The zero-order valence-electron chi connectivity index (χ0n) is 65.2. The number of aliphatic hydroxyl groups excluding tert-OH is 1. The number of aliphatic hydroxyl groups is 1. The van der Waals surface area contributed by atoms with E-state index < -0.39 is 97.5 Å². The molecule has 0 aliphatic carbocycles. The van der Waals surface area contributed by atoms with E-state index in [0.29, 0.717) is 38.5 Å². The molecule has 0 rings (SSSR count). The fraction of sp³-hybridized carbons (Fsp3) is 0.694. The molecular formula is C85H144O17P2. The predicted molar refractivity (Wildman–Crippen MR) is 427 cm³/mol. The number of hydrogen-bond acceptors (Lipinski definition) is 15. The minimum Gasteiger partial charge on any atom is -0.462 e. The molecule has 0 bridgehead atoms. The Bertz CT molecular complexity index is 2490. The molecule has 0 aromatic carbocycles. The lowest BCUT2D eigenvalue weighted by atomic mass is 10.0. The molecule has 596 valence electrons. The van der Waals surface area contributed by atoms with Crippen LogP contribution in [-0.4, -0.2) is 96.7 Å². The Kier molecular flexibility index (Phi) is 72.9. The van der Waals surface area contributed by atoms with Crippen LogP contribution in [0.15, 0.2) is 134 Å². The summed E-state index contributed by atoms with van der Waals surface area (Å²) >= 11 is 0. The van der Waals surface area contributed by atoms with Crippen molar-refractivity contribution in [1.29, 1.82) is 0 Å². The van der Waals surface area contributed by atoms with Crippen LogP contribution in [0.25, 0.3) is 0 Å². The number of phosphoric ester groups is 2. The lowest BCUT2D eigenvalue weighted by Crippen LogP contribution is -2.30. The van der Waals surface area contributed by atoms with Gasteiger partial charge in [-0.15, -0.1) is 0 Å². The molecule has 17 nitrogen and oxygen atoms in total. The normalized spacial score (nSPS) is 14.6. The maximum Gasteiger partial charge on any atom is 0.472 e. The second-order valence-electron chi connectivity index (χ2n) is 26.7. The number of ether oxygens (including phenoxy) is 4. The summed E-state index contributed by atoms with van der Waals surface area (Å²) < 4.78 is 68.4. The van der Waals surface area contributed by atoms with Crippen LogP contribution in [0.4, 0.5) is 0 Å². The van der Waals surface area contributed by atoms with Crippen LogP contribution < -0.4 is 0 Å². The lowest BCUT2D eigenvalue weighted by molar-refractivity contribution is -0.161. The minimum absolute atomic E-state index is 0.0195. The number of esters is 4. The van der Waals surface area contributed by atoms with Gasteiger partial charge in [-0.1, -0.05) is 303 Å². The Morgan fingerprint density at radius 3 is 0.837 bits per heavy atom. The third kappa shape index (κ3) is 75.4. The van der Waals surface area contributed by atoms with Gasteiger partial charge in [-0.2, -0.15) is 0 Å². The van der Waals surface area contributed by atoms with Crippen LogP contribution in [0.1, 0.15) is 323 Å². The van der Waals surface area contributed by atoms with Gasteiger partial charge in [-0.3, -0.25) is 37.3 Å². The first-order chi connectivity index (χ1) is 50.7. The van der Waals surface area contributed by atoms with Gasteiger partial charge in [-0.25, -0.2) is 9.13 Å². The fourth-order valence-electron chi connectivity index (χ4n) is 10.4. The lowest BCUT2D eigenvalue weighted by Gasteiger charge is -2.21. The third-order valence-electron chi connectivity index (χ3n) is 16.6. The van der Waals surface area contributed by atoms with Crippen LogP contribution >= 0.6 is 15.6 Å². The molecule has 0 spiro atoms. The standard InChI is InChI=1S/C85H144O17P2/c1-5-9-13-17-21-25-29-33-35-37-39-41-43-47-50-54-58-62-66-70-83(88)96-76-81(102-85(90)72-68-64-60-56-52-48-44-42-40-38-36-34-30-26-22-18-14-10-6-2)78-100-104(93,94)98-74-79(86)73-97-103(91,92)99-77-80(101-84(89)71-67-63-59-55-51-46-32-28-24-20-16-12-8-4)75-95-82(87)69-65-61-57-53-49-45-31-27-23-19-15-11-7-3/h21-22,25-27,31,33-36,39-42,47-48,50,52,58,60,62,64,79-81,86H,5-20,23-24,28-30,32,37-38,43-46,49,51,53-57,59,61,63,65-78H2,1-4H3,(H,91,92)(H,93,94)/b25-21-,26-22-,31-27-,35-33-,36-34-,41-39-,42-40-,50-47-,52-48-,62-58-,64-60-/t79-,80+,81+/m0/s1. The molecule has 0 fully saturated rings. The van der Waals surface area contributed by atoms with E-state index in [1.807, 2.05) is 36.5 Å². The van der Waals surface area contributed by atoms with Crippen LogP contribution in [0.3, 0.4) is 0 Å². The van der Waals surface area contributed by atoms with E-state index in [0.717, 1.165) is 116 Å². The number of allylic oxidation sites excluding steroid dienone is 22. The molecule has 0 aromatic heterocycles. The highest BCUT2D eigenvalue weighted by Gasteiger charge is 2.30. The highest BCUT2D eigenvalue weighted by molar-refractivity contribution is 7.47. The average Bonchev–Trinajstić information content (AvgIpc) is 0.906. The maximum absolute atomic E-state index is 13.1. The molecule has 0 heterocycles. The maximum atomic E-state index is 13.1. The number of unbranched alkanes of at least 4 members (excludes halogenated alkanes) is 27. The van der Waals surface area contributed by atoms with Crippen molar-refractivity contribution >= 4 is 39.5 Å². The molecule has 5 atom stereocenters. The van der Waals surface area contributed by atoms with Crippen molar-refractivity contribution in [3.05, 3.63) is 134 Å². The van der Waals surface area contributed by atoms with Gasteiger partial charge in [0, 0.05) is 25.7 Å². The van der Waals surface area contributed by atoms with E-state index >= 15 is 0 Å². The quantitative estimate of drug-likeness (QED) is 0.0169. The van der Waals surface area contributed by atoms with Gasteiger partial charge in [0.05, 0.1) is 26.4 Å². The molecule has 19 heteroatoms. The zero-order chi connectivity index (χ0) is 76.0. The zero-order valence-corrected chi connectivity index (χ0v) is 66.9. The summed E-state index contributed by atoms with van der Waals surface area (Å²) in [5.74, 6) is -2.37. The Labute approximate surface area is 631 Å². The molecule has 0 saturated heterocycles. The number of carbonyl (C=O) groups excluding carboxylic acids is 4. The Hall–Kier alpha value is -4.80. The van der Waals surface area contributed by atoms with Crippen molar-refractivity contribution in [3.63, 3.8) is 0 Å². The average molecular weight is 1500 g/mol. The second kappa shape index (κ2) is 76.4. The molecule has 3 N–H and O–H groups in total. The first-order valence-electron chi connectivity index (χ1n) is 40.4. The Morgan fingerprint density at radius 2 is 0.490 bits per heavy atom. The summed E-state index contributed by atoms with van der Waals surface area (Å²) in [4.78, 5) is 72.9. The summed E-state index contributed by atoms with van der Waals surface area (Å²) in [6.07, 6.45) is 86.0. The van der Waals surface area contributed by atoms with E-state index in [4.69, 9.17) is 37.0 Å². The Morgan fingerprint density at radius 1 is 0.269 bits per heavy atom. The van der Waals surface area contributed by atoms with Gasteiger partial charge >= 0.3 is 39.5 Å². The second-order valence-corrected chi connectivity index (χ2v) is 29.6. The van der Waals surface area contributed by atoms with Crippen molar-refractivity contribution in [2.24, 2.45) is 0 Å². The molecule has 0 saturated carbocycles. The van der Waals surface area contributed by atoms with E-state index in [-0.39, 0.29) is 25.7 Å². The van der Waals surface area contributed by atoms with Crippen molar-refractivity contribution in [3.8, 4) is 0 Å². The van der Waals surface area contributed by atoms with Crippen LogP contribution in [0, 0.1) is 0 Å². The van der Waals surface area contributed by atoms with Crippen molar-refractivity contribution < 1.29 is 80.2 Å². The van der Waals surface area contributed by atoms with E-state index in [1.54, 1.807) is 0 Å². The van der Waals surface area contributed by atoms with Crippen molar-refractivity contribution in [2.75, 3.05) is 39.6 Å². The van der Waals surface area contributed by atoms with Crippen molar-refractivity contribution in [1.82, 2.24) is 0 Å².